The molecule has 186 valence electrons. The van der Waals surface area contributed by atoms with Crippen molar-refractivity contribution in [2.45, 2.75) is 37.5 Å². The molecule has 8 nitrogen and oxygen atoms in total. The molecule has 1 aliphatic heterocycles. The molecular weight excluding hydrogens is 478 g/mol. The van der Waals surface area contributed by atoms with Gasteiger partial charge in [0.15, 0.2) is 0 Å². The molecule has 0 aliphatic carbocycles. The highest BCUT2D eigenvalue weighted by atomic mass is 35.5. The third-order valence-electron chi connectivity index (χ3n) is 5.39. The van der Waals surface area contributed by atoms with Crippen LogP contribution >= 0.6 is 11.6 Å². The number of ether oxygens (including phenoxy) is 2. The quantitative estimate of drug-likeness (QED) is 0.518. The summed E-state index contributed by atoms with van der Waals surface area (Å²) in [5.41, 5.74) is 1.55. The van der Waals surface area contributed by atoms with E-state index in [0.717, 1.165) is 5.75 Å². The van der Waals surface area contributed by atoms with E-state index in [1.807, 2.05) is 12.1 Å². The van der Waals surface area contributed by atoms with Crippen LogP contribution in [-0.4, -0.2) is 58.2 Å². The Morgan fingerprint density at radius 3 is 2.44 bits per heavy atom. The summed E-state index contributed by atoms with van der Waals surface area (Å²) in [4.78, 5) is 12.4. The summed E-state index contributed by atoms with van der Waals surface area (Å²) in [5, 5.41) is 5.60. The van der Waals surface area contributed by atoms with Gasteiger partial charge in [0.25, 0.3) is 0 Å². The van der Waals surface area contributed by atoms with Crippen LogP contribution in [0, 0.1) is 0 Å². The van der Waals surface area contributed by atoms with Crippen LogP contribution in [0.2, 0.25) is 5.02 Å². The lowest BCUT2D eigenvalue weighted by atomic mass is 9.87. The molecule has 0 atom stereocenters. The third kappa shape index (κ3) is 7.09. The van der Waals surface area contributed by atoms with Crippen LogP contribution < -0.4 is 15.4 Å². The van der Waals surface area contributed by atoms with Crippen LogP contribution in [0.15, 0.2) is 47.4 Å². The number of hydrogen-bond donors (Lipinski definition) is 2. The largest absolute Gasteiger partial charge is 0.494 e. The summed E-state index contributed by atoms with van der Waals surface area (Å²) in [6.07, 6.45) is 0.605. The van der Waals surface area contributed by atoms with Gasteiger partial charge in [-0.2, -0.15) is 4.31 Å². The average molecular weight is 510 g/mol. The molecule has 1 aliphatic rings. The van der Waals surface area contributed by atoms with Crippen molar-refractivity contribution in [2.75, 3.05) is 44.8 Å². The number of carbonyl (C=O) groups is 1. The van der Waals surface area contributed by atoms with Crippen LogP contribution in [0.3, 0.4) is 0 Å². The van der Waals surface area contributed by atoms with Gasteiger partial charge in [0, 0.05) is 19.6 Å². The number of morpholine rings is 1. The lowest BCUT2D eigenvalue weighted by Gasteiger charge is -2.26. The Bertz CT molecular complexity index is 1080. The fraction of sp³-hybridized carbons (Fsp3) is 0.458. The number of halogens is 1. The van der Waals surface area contributed by atoms with Gasteiger partial charge in [-0.25, -0.2) is 13.2 Å². The number of benzene rings is 2. The fourth-order valence-electron chi connectivity index (χ4n) is 3.38. The predicted molar refractivity (Wildman–Crippen MR) is 133 cm³/mol. The molecule has 0 radical (unpaired) electrons. The van der Waals surface area contributed by atoms with E-state index in [1.54, 1.807) is 0 Å². The zero-order valence-corrected chi connectivity index (χ0v) is 21.3. The first kappa shape index (κ1) is 26.3. The zero-order valence-electron chi connectivity index (χ0n) is 19.8. The second-order valence-corrected chi connectivity index (χ2v) is 11.4. The van der Waals surface area contributed by atoms with E-state index in [0.29, 0.717) is 32.8 Å². The number of nitrogens with one attached hydrogen (secondary N) is 2. The van der Waals surface area contributed by atoms with Crippen molar-refractivity contribution in [1.82, 2.24) is 9.62 Å². The maximum Gasteiger partial charge on any atom is 0.319 e. The number of amides is 2. The molecular formula is C24H32ClN3O5S. The zero-order chi connectivity index (χ0) is 24.8. The molecule has 3 rings (SSSR count). The van der Waals surface area contributed by atoms with Gasteiger partial charge in [0.1, 0.15) is 5.75 Å². The first-order valence-corrected chi connectivity index (χ1v) is 13.0. The van der Waals surface area contributed by atoms with E-state index in [4.69, 9.17) is 21.1 Å². The maximum atomic E-state index is 12.9. The Kier molecular flexibility index (Phi) is 8.81. The van der Waals surface area contributed by atoms with Crippen molar-refractivity contribution in [2.24, 2.45) is 0 Å². The topological polar surface area (TPSA) is 97.0 Å². The molecule has 10 heteroatoms. The van der Waals surface area contributed by atoms with Crippen LogP contribution in [0.25, 0.3) is 0 Å². The predicted octanol–water partition coefficient (Wildman–Crippen LogP) is 4.25. The molecule has 1 fully saturated rings. The molecule has 34 heavy (non-hydrogen) atoms. The maximum absolute atomic E-state index is 12.9. The van der Waals surface area contributed by atoms with Gasteiger partial charge in [-0.1, -0.05) is 44.5 Å². The smallest absolute Gasteiger partial charge is 0.319 e. The molecule has 0 saturated carbocycles. The first-order valence-electron chi connectivity index (χ1n) is 11.2. The van der Waals surface area contributed by atoms with E-state index >= 15 is 0 Å². The monoisotopic (exact) mass is 509 g/mol. The Labute approximate surface area is 206 Å². The van der Waals surface area contributed by atoms with Crippen LogP contribution in [0.5, 0.6) is 5.75 Å². The second kappa shape index (κ2) is 11.4. The molecule has 2 aromatic rings. The van der Waals surface area contributed by atoms with Crippen molar-refractivity contribution in [3.8, 4) is 5.75 Å². The number of rotatable bonds is 8. The Morgan fingerprint density at radius 1 is 1.12 bits per heavy atom. The molecule has 0 bridgehead atoms. The van der Waals surface area contributed by atoms with E-state index < -0.39 is 16.1 Å². The van der Waals surface area contributed by atoms with Crippen LogP contribution in [0.4, 0.5) is 10.5 Å². The highest BCUT2D eigenvalue weighted by Crippen LogP contribution is 2.27. The molecule has 1 heterocycles. The summed E-state index contributed by atoms with van der Waals surface area (Å²) < 4.78 is 38.0. The van der Waals surface area contributed by atoms with E-state index in [-0.39, 0.29) is 34.1 Å². The second-order valence-electron chi connectivity index (χ2n) is 9.02. The number of anilines is 1. The van der Waals surface area contributed by atoms with E-state index in [2.05, 4.69) is 43.5 Å². The van der Waals surface area contributed by atoms with Gasteiger partial charge in [-0.05, 0) is 47.7 Å². The highest BCUT2D eigenvalue weighted by molar-refractivity contribution is 7.89. The molecule has 2 N–H and O–H groups in total. The minimum atomic E-state index is -3.69. The van der Waals surface area contributed by atoms with Gasteiger partial charge in [-0.15, -0.1) is 0 Å². The molecule has 2 amide bonds. The summed E-state index contributed by atoms with van der Waals surface area (Å²) in [7, 11) is -3.69. The third-order valence-corrected chi connectivity index (χ3v) is 7.61. The molecule has 0 aromatic heterocycles. The molecule has 0 unspecified atom stereocenters. The Morgan fingerprint density at radius 2 is 1.79 bits per heavy atom. The SMILES string of the molecule is CC(C)(C)c1ccc(OCCCNC(=O)Nc2cc(S(=O)(=O)N3CCOCC3)ccc2Cl)cc1. The van der Waals surface area contributed by atoms with Crippen molar-refractivity contribution in [1.29, 1.82) is 0 Å². The standard InChI is InChI=1S/C24H32ClN3O5S/c1-24(2,3)18-5-7-19(8-6-18)33-14-4-11-26-23(29)27-22-17-20(9-10-21(22)25)34(30,31)28-12-15-32-16-13-28/h5-10,17H,4,11-16H2,1-3H3,(H2,26,27,29). The Hall–Kier alpha value is -2.33. The first-order chi connectivity index (χ1) is 16.1. The number of hydrogen-bond acceptors (Lipinski definition) is 5. The van der Waals surface area contributed by atoms with Gasteiger partial charge in [-0.3, -0.25) is 0 Å². The number of carbonyl (C=O) groups excluding carboxylic acids is 1. The van der Waals surface area contributed by atoms with Crippen LogP contribution in [-0.2, 0) is 20.2 Å². The number of nitrogens with zero attached hydrogens (tertiary/aromatic N) is 1. The van der Waals surface area contributed by atoms with Gasteiger partial charge in [0.2, 0.25) is 10.0 Å². The summed E-state index contributed by atoms with van der Waals surface area (Å²) >= 11 is 6.18. The normalized spacial score (nSPS) is 15.1. The van der Waals surface area contributed by atoms with Crippen molar-refractivity contribution in [3.05, 3.63) is 53.1 Å². The minimum absolute atomic E-state index is 0.0694. The van der Waals surface area contributed by atoms with Gasteiger partial charge < -0.3 is 20.1 Å². The number of urea groups is 1. The summed E-state index contributed by atoms with van der Waals surface area (Å²) in [6, 6.07) is 11.8. The lowest BCUT2D eigenvalue weighted by Crippen LogP contribution is -2.40. The van der Waals surface area contributed by atoms with Gasteiger partial charge in [0.05, 0.1) is 35.4 Å². The van der Waals surface area contributed by atoms with E-state index in [9.17, 15) is 13.2 Å². The summed E-state index contributed by atoms with van der Waals surface area (Å²) in [5.74, 6) is 0.780. The Balaban J connectivity index is 1.47. The van der Waals surface area contributed by atoms with Gasteiger partial charge >= 0.3 is 6.03 Å². The van der Waals surface area contributed by atoms with Crippen molar-refractivity contribution < 1.29 is 22.7 Å². The average Bonchev–Trinajstić information content (AvgIpc) is 2.80. The molecule has 1 saturated heterocycles. The highest BCUT2D eigenvalue weighted by Gasteiger charge is 2.27. The minimum Gasteiger partial charge on any atom is -0.494 e. The molecule has 0 spiro atoms. The van der Waals surface area contributed by atoms with Crippen molar-refractivity contribution >= 4 is 33.3 Å². The fourth-order valence-corrected chi connectivity index (χ4v) is 4.98. The van der Waals surface area contributed by atoms with Crippen molar-refractivity contribution in [3.63, 3.8) is 0 Å². The summed E-state index contributed by atoms with van der Waals surface area (Å²) in [6.45, 7) is 8.59. The lowest BCUT2D eigenvalue weighted by molar-refractivity contribution is 0.0730. The number of sulfonamides is 1. The van der Waals surface area contributed by atoms with E-state index in [1.165, 1.54) is 28.1 Å². The molecule has 2 aromatic carbocycles. The van der Waals surface area contributed by atoms with Crippen LogP contribution in [0.1, 0.15) is 32.8 Å².